The number of pyridine rings is 1. The first kappa shape index (κ1) is 12.7. The molecular weight excluding hydrogens is 262 g/mol. The molecule has 0 bridgehead atoms. The zero-order chi connectivity index (χ0) is 14.3. The first-order chi connectivity index (χ1) is 9.60. The van der Waals surface area contributed by atoms with Gasteiger partial charge >= 0.3 is 12.0 Å². The molecular formula is C13H15N3O4. The van der Waals surface area contributed by atoms with Crippen molar-refractivity contribution in [2.75, 3.05) is 26.1 Å². The Labute approximate surface area is 115 Å². The van der Waals surface area contributed by atoms with E-state index in [1.54, 1.807) is 19.2 Å². The number of methoxy groups -OCH3 is 2. The van der Waals surface area contributed by atoms with Crippen molar-refractivity contribution >= 4 is 17.7 Å². The van der Waals surface area contributed by atoms with Crippen LogP contribution in [0.3, 0.4) is 0 Å². The molecule has 3 rings (SSSR count). The number of amides is 2. The van der Waals surface area contributed by atoms with E-state index in [2.05, 4.69) is 15.0 Å². The van der Waals surface area contributed by atoms with Crippen LogP contribution in [0.25, 0.3) is 0 Å². The Bertz CT molecular complexity index is 583. The Kier molecular flexibility index (Phi) is 2.77. The van der Waals surface area contributed by atoms with E-state index >= 15 is 0 Å². The Balaban J connectivity index is 2.00. The van der Waals surface area contributed by atoms with Gasteiger partial charge in [-0.05, 0) is 18.9 Å². The minimum Gasteiger partial charge on any atom is -0.481 e. The Morgan fingerprint density at radius 2 is 2.20 bits per heavy atom. The summed E-state index contributed by atoms with van der Waals surface area (Å²) in [5.41, 5.74) is 0.926. The number of carbonyl (C=O) groups is 2. The van der Waals surface area contributed by atoms with Crippen molar-refractivity contribution in [3.05, 3.63) is 17.8 Å². The minimum atomic E-state index is -0.500. The second-order valence-electron chi connectivity index (χ2n) is 4.87. The van der Waals surface area contributed by atoms with Crippen LogP contribution in [-0.4, -0.2) is 42.6 Å². The molecule has 0 saturated heterocycles. The Hall–Kier alpha value is -2.31. The SMILES string of the molecule is COC(=O)CN1C(=O)Nc2ccc(OC)nc2C12CC2. The van der Waals surface area contributed by atoms with Crippen molar-refractivity contribution in [3.8, 4) is 5.88 Å². The molecule has 7 nitrogen and oxygen atoms in total. The third-order valence-corrected chi connectivity index (χ3v) is 3.76. The molecule has 2 aliphatic rings. The van der Waals surface area contributed by atoms with Crippen LogP contribution in [0.2, 0.25) is 0 Å². The highest BCUT2D eigenvalue weighted by Gasteiger charge is 2.57. The third-order valence-electron chi connectivity index (χ3n) is 3.76. The van der Waals surface area contributed by atoms with E-state index in [-0.39, 0.29) is 12.6 Å². The molecule has 106 valence electrons. The first-order valence-corrected chi connectivity index (χ1v) is 6.31. The molecule has 1 saturated carbocycles. The van der Waals surface area contributed by atoms with Gasteiger partial charge in [0, 0.05) is 6.07 Å². The lowest BCUT2D eigenvalue weighted by molar-refractivity contribution is -0.141. The van der Waals surface area contributed by atoms with Crippen LogP contribution in [0.4, 0.5) is 10.5 Å². The van der Waals surface area contributed by atoms with Crippen molar-refractivity contribution in [2.24, 2.45) is 0 Å². The molecule has 1 spiro atoms. The van der Waals surface area contributed by atoms with Gasteiger partial charge in [-0.25, -0.2) is 9.78 Å². The second-order valence-corrected chi connectivity index (χ2v) is 4.87. The predicted octanol–water partition coefficient (Wildman–Crippen LogP) is 1.10. The number of esters is 1. The minimum absolute atomic E-state index is 0.0827. The topological polar surface area (TPSA) is 80.8 Å². The molecule has 0 unspecified atom stereocenters. The van der Waals surface area contributed by atoms with E-state index in [9.17, 15) is 9.59 Å². The van der Waals surface area contributed by atoms with Crippen LogP contribution in [0, 0.1) is 0 Å². The largest absolute Gasteiger partial charge is 0.481 e. The molecule has 0 aromatic carbocycles. The van der Waals surface area contributed by atoms with Gasteiger partial charge in [0.05, 0.1) is 31.1 Å². The fraction of sp³-hybridized carbons (Fsp3) is 0.462. The van der Waals surface area contributed by atoms with Gasteiger partial charge in [-0.3, -0.25) is 4.79 Å². The highest BCUT2D eigenvalue weighted by molar-refractivity contribution is 5.95. The lowest BCUT2D eigenvalue weighted by Gasteiger charge is -2.36. The van der Waals surface area contributed by atoms with Crippen LogP contribution >= 0.6 is 0 Å². The molecule has 1 fully saturated rings. The second kappa shape index (κ2) is 4.36. The summed E-state index contributed by atoms with van der Waals surface area (Å²) in [6.45, 7) is -0.0827. The summed E-state index contributed by atoms with van der Waals surface area (Å²) >= 11 is 0. The number of ether oxygens (including phenoxy) is 2. The van der Waals surface area contributed by atoms with Crippen LogP contribution in [0.5, 0.6) is 5.88 Å². The highest BCUT2D eigenvalue weighted by Crippen LogP contribution is 2.54. The molecule has 0 radical (unpaired) electrons. The number of hydrogen-bond donors (Lipinski definition) is 1. The predicted molar refractivity (Wildman–Crippen MR) is 69.4 cm³/mol. The summed E-state index contributed by atoms with van der Waals surface area (Å²) in [6.07, 6.45) is 1.56. The van der Waals surface area contributed by atoms with Crippen LogP contribution in [0.15, 0.2) is 12.1 Å². The van der Waals surface area contributed by atoms with Crippen LogP contribution < -0.4 is 10.1 Å². The molecule has 1 aromatic rings. The maximum atomic E-state index is 12.2. The lowest BCUT2D eigenvalue weighted by atomic mass is 10.0. The van der Waals surface area contributed by atoms with Gasteiger partial charge in [-0.15, -0.1) is 0 Å². The molecule has 7 heteroatoms. The number of rotatable bonds is 3. The van der Waals surface area contributed by atoms with Gasteiger partial charge in [0.1, 0.15) is 6.54 Å². The number of fused-ring (bicyclic) bond motifs is 2. The van der Waals surface area contributed by atoms with Gasteiger partial charge in [-0.2, -0.15) is 0 Å². The summed E-state index contributed by atoms with van der Waals surface area (Å²) in [4.78, 5) is 29.6. The number of carbonyl (C=O) groups excluding carboxylic acids is 2. The molecule has 0 atom stereocenters. The van der Waals surface area contributed by atoms with Gasteiger partial charge in [0.25, 0.3) is 0 Å². The van der Waals surface area contributed by atoms with Gasteiger partial charge in [-0.1, -0.05) is 0 Å². The van der Waals surface area contributed by atoms with Gasteiger partial charge in [0.15, 0.2) is 0 Å². The third kappa shape index (κ3) is 1.77. The monoisotopic (exact) mass is 277 g/mol. The summed E-state index contributed by atoms with van der Waals surface area (Å²) in [5.74, 6) is 0.0435. The number of hydrogen-bond acceptors (Lipinski definition) is 5. The Morgan fingerprint density at radius 3 is 2.80 bits per heavy atom. The summed E-state index contributed by atoms with van der Waals surface area (Å²) in [7, 11) is 2.85. The molecule has 2 heterocycles. The molecule has 1 aromatic heterocycles. The fourth-order valence-electron chi connectivity index (χ4n) is 2.56. The first-order valence-electron chi connectivity index (χ1n) is 6.31. The van der Waals surface area contributed by atoms with Crippen LogP contribution in [0.1, 0.15) is 18.5 Å². The van der Waals surface area contributed by atoms with E-state index < -0.39 is 11.5 Å². The summed E-state index contributed by atoms with van der Waals surface area (Å²) in [5, 5.41) is 2.75. The maximum absolute atomic E-state index is 12.2. The average molecular weight is 277 g/mol. The van der Waals surface area contributed by atoms with Crippen molar-refractivity contribution in [3.63, 3.8) is 0 Å². The highest BCUT2D eigenvalue weighted by atomic mass is 16.5. The zero-order valence-corrected chi connectivity index (χ0v) is 11.3. The van der Waals surface area contributed by atoms with Crippen molar-refractivity contribution in [1.29, 1.82) is 0 Å². The molecule has 2 amide bonds. The van der Waals surface area contributed by atoms with Crippen molar-refractivity contribution in [1.82, 2.24) is 9.88 Å². The number of anilines is 1. The van der Waals surface area contributed by atoms with Gasteiger partial charge in [0.2, 0.25) is 5.88 Å². The van der Waals surface area contributed by atoms with Crippen LogP contribution in [-0.2, 0) is 15.1 Å². The summed E-state index contributed by atoms with van der Waals surface area (Å²) < 4.78 is 9.78. The average Bonchev–Trinajstić information content (AvgIpc) is 3.24. The quantitative estimate of drug-likeness (QED) is 0.837. The van der Waals surface area contributed by atoms with Gasteiger partial charge < -0.3 is 19.7 Å². The van der Waals surface area contributed by atoms with E-state index in [0.717, 1.165) is 18.5 Å². The fourth-order valence-corrected chi connectivity index (χ4v) is 2.56. The number of aromatic nitrogens is 1. The van der Waals surface area contributed by atoms with E-state index in [4.69, 9.17) is 4.74 Å². The molecule has 1 N–H and O–H groups in total. The smallest absolute Gasteiger partial charge is 0.325 e. The molecule has 1 aliphatic carbocycles. The van der Waals surface area contributed by atoms with E-state index in [1.165, 1.54) is 12.0 Å². The van der Waals surface area contributed by atoms with Crippen molar-refractivity contribution < 1.29 is 19.1 Å². The number of nitrogens with one attached hydrogen (secondary N) is 1. The lowest BCUT2D eigenvalue weighted by Crippen LogP contribution is -2.50. The van der Waals surface area contributed by atoms with E-state index in [0.29, 0.717) is 11.6 Å². The molecule has 20 heavy (non-hydrogen) atoms. The van der Waals surface area contributed by atoms with E-state index in [1.807, 2.05) is 0 Å². The number of urea groups is 1. The number of nitrogens with zero attached hydrogens (tertiary/aromatic N) is 2. The molecule has 1 aliphatic heterocycles. The normalized spacial score (nSPS) is 18.3. The summed E-state index contributed by atoms with van der Waals surface area (Å²) in [6, 6.07) is 3.17. The zero-order valence-electron chi connectivity index (χ0n) is 11.3. The Morgan fingerprint density at radius 1 is 1.45 bits per heavy atom. The maximum Gasteiger partial charge on any atom is 0.325 e. The standard InChI is InChI=1S/C13H15N3O4/c1-19-9-4-3-8-11(15-9)13(5-6-13)16(12(18)14-8)7-10(17)20-2/h3-4H,5-7H2,1-2H3,(H,14,18). The van der Waals surface area contributed by atoms with Crippen molar-refractivity contribution in [2.45, 2.75) is 18.4 Å².